The summed E-state index contributed by atoms with van der Waals surface area (Å²) in [5.41, 5.74) is -0.0920. The molecule has 0 bridgehead atoms. The van der Waals surface area contributed by atoms with E-state index in [1.807, 2.05) is 0 Å². The Morgan fingerprint density at radius 3 is 2.60 bits per heavy atom. The molecule has 0 aliphatic heterocycles. The molecule has 1 rings (SSSR count). The van der Waals surface area contributed by atoms with Gasteiger partial charge in [-0.2, -0.15) is 0 Å². The van der Waals surface area contributed by atoms with E-state index < -0.39 is 11.9 Å². The summed E-state index contributed by atoms with van der Waals surface area (Å²) in [6.45, 7) is 1.15. The van der Waals surface area contributed by atoms with Crippen molar-refractivity contribution in [3.05, 3.63) is 28.2 Å². The van der Waals surface area contributed by atoms with Crippen molar-refractivity contribution in [3.8, 4) is 5.75 Å². The van der Waals surface area contributed by atoms with Crippen molar-refractivity contribution in [1.29, 1.82) is 0 Å². The molecule has 0 saturated heterocycles. The summed E-state index contributed by atoms with van der Waals surface area (Å²) in [6, 6.07) is 4.31. The fourth-order valence-electron chi connectivity index (χ4n) is 0.846. The second-order valence-corrected chi connectivity index (χ2v) is 3.52. The maximum Gasteiger partial charge on any atom is 0.352 e. The van der Waals surface area contributed by atoms with Crippen molar-refractivity contribution in [1.82, 2.24) is 0 Å². The first kappa shape index (κ1) is 11.5. The number of hydrogen-bond acceptors (Lipinski definition) is 4. The van der Waals surface area contributed by atoms with Crippen LogP contribution in [0.2, 0.25) is 0 Å². The smallest absolute Gasteiger partial charge is 0.352 e. The van der Waals surface area contributed by atoms with Gasteiger partial charge in [0.05, 0.1) is 0 Å². The lowest BCUT2D eigenvalue weighted by molar-refractivity contribution is -0.211. The maximum atomic E-state index is 10.8. The van der Waals surface area contributed by atoms with Gasteiger partial charge >= 0.3 is 11.9 Å². The normalized spacial score (nSPS) is 9.47. The number of carbonyl (C=O) groups is 2. The van der Waals surface area contributed by atoms with Crippen LogP contribution in [0.15, 0.2) is 22.7 Å². The molecule has 0 radical (unpaired) electrons. The van der Waals surface area contributed by atoms with Crippen LogP contribution in [0.5, 0.6) is 5.75 Å². The summed E-state index contributed by atoms with van der Waals surface area (Å²) in [4.78, 5) is 30.0. The quantitative estimate of drug-likeness (QED) is 0.674. The monoisotopic (exact) mass is 274 g/mol. The Kier molecular flexibility index (Phi) is 3.68. The van der Waals surface area contributed by atoms with Crippen molar-refractivity contribution in [2.45, 2.75) is 6.92 Å². The zero-order valence-corrected chi connectivity index (χ0v) is 9.28. The predicted octanol–water partition coefficient (Wildman–Crippen LogP) is 2.00. The number of halogens is 1. The summed E-state index contributed by atoms with van der Waals surface area (Å²) < 4.78 is 0.593. The second kappa shape index (κ2) is 4.79. The van der Waals surface area contributed by atoms with Crippen molar-refractivity contribution >= 4 is 27.9 Å². The zero-order valence-electron chi connectivity index (χ0n) is 7.69. The minimum atomic E-state index is -1.17. The van der Waals surface area contributed by atoms with E-state index in [9.17, 15) is 9.59 Å². The van der Waals surface area contributed by atoms with Gasteiger partial charge in [-0.3, -0.25) is 9.78 Å². The fraction of sp³-hybridized carbons (Fsp3) is 0.111. The Balaban J connectivity index is 2.95. The molecule has 0 fully saturated rings. The third kappa shape index (κ3) is 3.25. The Hall–Kier alpha value is -1.56. The van der Waals surface area contributed by atoms with Crippen LogP contribution in [-0.4, -0.2) is 17.0 Å². The van der Waals surface area contributed by atoms with E-state index in [4.69, 9.17) is 5.11 Å². The highest BCUT2D eigenvalue weighted by atomic mass is 79.9. The van der Waals surface area contributed by atoms with Gasteiger partial charge in [0.25, 0.3) is 0 Å². The van der Waals surface area contributed by atoms with Crippen LogP contribution in [0.3, 0.4) is 0 Å². The molecular weight excluding hydrogens is 268 g/mol. The average molecular weight is 275 g/mol. The van der Waals surface area contributed by atoms with Gasteiger partial charge in [0.1, 0.15) is 5.56 Å². The molecular formula is C9H7BrO5. The van der Waals surface area contributed by atoms with Crippen molar-refractivity contribution in [2.75, 3.05) is 0 Å². The lowest BCUT2D eigenvalue weighted by atomic mass is 10.2. The van der Waals surface area contributed by atoms with Crippen LogP contribution in [0.1, 0.15) is 17.3 Å². The highest BCUT2D eigenvalue weighted by Gasteiger charge is 2.13. The first-order valence-electron chi connectivity index (χ1n) is 3.88. The molecule has 6 heteroatoms. The molecule has 0 heterocycles. The van der Waals surface area contributed by atoms with Crippen LogP contribution in [0.25, 0.3) is 0 Å². The van der Waals surface area contributed by atoms with E-state index >= 15 is 0 Å². The van der Waals surface area contributed by atoms with E-state index in [0.717, 1.165) is 6.92 Å². The van der Waals surface area contributed by atoms with Crippen molar-refractivity contribution in [3.63, 3.8) is 0 Å². The van der Waals surface area contributed by atoms with E-state index in [2.05, 4.69) is 25.7 Å². The number of carboxylic acids is 1. The molecule has 15 heavy (non-hydrogen) atoms. The van der Waals surface area contributed by atoms with Crippen LogP contribution in [0, 0.1) is 0 Å². The van der Waals surface area contributed by atoms with Gasteiger partial charge in [-0.15, -0.1) is 0 Å². The SMILES string of the molecule is CC(=O)OOc1ccc(Br)cc1C(=O)O. The Morgan fingerprint density at radius 2 is 2.07 bits per heavy atom. The van der Waals surface area contributed by atoms with E-state index in [0.29, 0.717) is 4.47 Å². The highest BCUT2D eigenvalue weighted by molar-refractivity contribution is 9.10. The molecule has 0 aromatic heterocycles. The molecule has 80 valence electrons. The fourth-order valence-corrected chi connectivity index (χ4v) is 1.21. The molecule has 0 aliphatic rings. The number of carboxylic acid groups (broad SMARTS) is 1. The van der Waals surface area contributed by atoms with Crippen LogP contribution in [0.4, 0.5) is 0 Å². The van der Waals surface area contributed by atoms with Gasteiger partial charge in [0.15, 0.2) is 5.75 Å². The summed E-state index contributed by atoms with van der Waals surface area (Å²) >= 11 is 3.12. The van der Waals surface area contributed by atoms with Crippen LogP contribution < -0.4 is 4.89 Å². The van der Waals surface area contributed by atoms with Crippen LogP contribution >= 0.6 is 15.9 Å². The van der Waals surface area contributed by atoms with Crippen molar-refractivity contribution < 1.29 is 24.5 Å². The van der Waals surface area contributed by atoms with Crippen LogP contribution in [-0.2, 0) is 9.68 Å². The lowest BCUT2D eigenvalue weighted by Gasteiger charge is -2.05. The summed E-state index contributed by atoms with van der Waals surface area (Å²) in [7, 11) is 0. The van der Waals surface area contributed by atoms with Gasteiger partial charge in [-0.1, -0.05) is 15.9 Å². The minimum absolute atomic E-state index is 0.0269. The van der Waals surface area contributed by atoms with Gasteiger partial charge in [-0.25, -0.2) is 9.59 Å². The molecule has 0 amide bonds. The molecule has 0 aliphatic carbocycles. The Bertz CT molecular complexity index is 401. The topological polar surface area (TPSA) is 72.8 Å². The summed E-state index contributed by atoms with van der Waals surface area (Å²) in [5, 5.41) is 8.81. The number of rotatable bonds is 3. The Labute approximate surface area is 93.7 Å². The molecule has 1 aromatic carbocycles. The number of aromatic carboxylic acids is 1. The Morgan fingerprint density at radius 1 is 1.40 bits per heavy atom. The van der Waals surface area contributed by atoms with E-state index in [1.54, 1.807) is 6.07 Å². The number of carbonyl (C=O) groups excluding carboxylic acids is 1. The molecule has 0 atom stereocenters. The highest BCUT2D eigenvalue weighted by Crippen LogP contribution is 2.23. The molecule has 0 spiro atoms. The second-order valence-electron chi connectivity index (χ2n) is 2.60. The first-order valence-corrected chi connectivity index (χ1v) is 4.68. The summed E-state index contributed by atoms with van der Waals surface area (Å²) in [6.07, 6.45) is 0. The number of benzene rings is 1. The van der Waals surface area contributed by atoms with Crippen molar-refractivity contribution in [2.24, 2.45) is 0 Å². The van der Waals surface area contributed by atoms with Gasteiger partial charge in [0.2, 0.25) is 0 Å². The third-order valence-electron chi connectivity index (χ3n) is 1.42. The lowest BCUT2D eigenvalue weighted by Crippen LogP contribution is -2.07. The molecule has 1 N–H and O–H groups in total. The molecule has 1 aromatic rings. The average Bonchev–Trinajstić information content (AvgIpc) is 2.15. The zero-order chi connectivity index (χ0) is 11.4. The first-order chi connectivity index (χ1) is 7.00. The summed E-state index contributed by atoms with van der Waals surface area (Å²) in [5.74, 6) is -1.85. The maximum absolute atomic E-state index is 10.8. The van der Waals surface area contributed by atoms with Gasteiger partial charge in [0, 0.05) is 11.4 Å². The molecule has 0 unspecified atom stereocenters. The third-order valence-corrected chi connectivity index (χ3v) is 1.91. The van der Waals surface area contributed by atoms with E-state index in [1.165, 1.54) is 12.1 Å². The molecule has 5 nitrogen and oxygen atoms in total. The number of hydrogen-bond donors (Lipinski definition) is 1. The standard InChI is InChI=1S/C9H7BrO5/c1-5(11)14-15-8-3-2-6(10)4-7(8)9(12)13/h2-4H,1H3,(H,12,13). The minimum Gasteiger partial charge on any atom is -0.478 e. The van der Waals surface area contributed by atoms with E-state index in [-0.39, 0.29) is 11.3 Å². The van der Waals surface area contributed by atoms with Gasteiger partial charge < -0.3 is 5.11 Å². The molecule has 0 saturated carbocycles. The van der Waals surface area contributed by atoms with Gasteiger partial charge in [-0.05, 0) is 18.2 Å². The largest absolute Gasteiger partial charge is 0.478 e. The predicted molar refractivity (Wildman–Crippen MR) is 53.5 cm³/mol.